The van der Waals surface area contributed by atoms with E-state index in [4.69, 9.17) is 13.9 Å². The first-order valence-electron chi connectivity index (χ1n) is 10.4. The van der Waals surface area contributed by atoms with Crippen LogP contribution in [0.15, 0.2) is 52.9 Å². The summed E-state index contributed by atoms with van der Waals surface area (Å²) in [6, 6.07) is 15.2. The molecule has 5 nitrogen and oxygen atoms in total. The lowest BCUT2D eigenvalue weighted by Crippen LogP contribution is -2.30. The van der Waals surface area contributed by atoms with Crippen LogP contribution >= 0.6 is 0 Å². The maximum atomic E-state index is 5.93. The molecule has 1 aliphatic rings. The minimum Gasteiger partial charge on any atom is -0.492 e. The Kier molecular flexibility index (Phi) is 6.45. The summed E-state index contributed by atoms with van der Waals surface area (Å²) in [5, 5.41) is 0. The van der Waals surface area contributed by atoms with Crippen molar-refractivity contribution in [2.75, 3.05) is 26.2 Å². The van der Waals surface area contributed by atoms with Gasteiger partial charge in [-0.2, -0.15) is 4.98 Å². The van der Waals surface area contributed by atoms with Crippen LogP contribution in [0.25, 0.3) is 11.1 Å². The van der Waals surface area contributed by atoms with Crippen LogP contribution in [0.3, 0.4) is 0 Å². The fourth-order valence-electron chi connectivity index (χ4n) is 3.61. The fourth-order valence-corrected chi connectivity index (χ4v) is 3.61. The Morgan fingerprint density at radius 2 is 1.50 bits per heavy atom. The van der Waals surface area contributed by atoms with Crippen LogP contribution < -0.4 is 9.47 Å². The van der Waals surface area contributed by atoms with Gasteiger partial charge < -0.3 is 13.9 Å². The second kappa shape index (κ2) is 9.60. The number of aromatic nitrogens is 1. The third-order valence-corrected chi connectivity index (χ3v) is 5.18. The largest absolute Gasteiger partial charge is 0.492 e. The minimum atomic E-state index is 0.253. The topological polar surface area (TPSA) is 47.7 Å². The lowest BCUT2D eigenvalue weighted by molar-refractivity contribution is 0.206. The van der Waals surface area contributed by atoms with E-state index in [1.807, 2.05) is 48.5 Å². The molecule has 0 spiro atoms. The van der Waals surface area contributed by atoms with Crippen LogP contribution in [0.2, 0.25) is 0 Å². The zero-order chi connectivity index (χ0) is 19.0. The molecule has 3 aromatic rings. The second-order valence-electron chi connectivity index (χ2n) is 7.33. The fraction of sp³-hybridized carbons (Fsp3) is 0.435. The molecular weight excluding hydrogens is 352 g/mol. The van der Waals surface area contributed by atoms with E-state index in [0.717, 1.165) is 23.4 Å². The van der Waals surface area contributed by atoms with E-state index >= 15 is 0 Å². The third kappa shape index (κ3) is 5.26. The number of hydrogen-bond acceptors (Lipinski definition) is 5. The number of hydrogen-bond donors (Lipinski definition) is 0. The molecule has 4 rings (SSSR count). The number of benzene rings is 2. The summed E-state index contributed by atoms with van der Waals surface area (Å²) in [4.78, 5) is 6.86. The van der Waals surface area contributed by atoms with Gasteiger partial charge in [0.05, 0.1) is 0 Å². The lowest BCUT2D eigenvalue weighted by Gasteiger charge is -2.21. The molecule has 1 fully saturated rings. The van der Waals surface area contributed by atoms with Gasteiger partial charge >= 0.3 is 6.08 Å². The highest BCUT2D eigenvalue weighted by Gasteiger charge is 2.09. The van der Waals surface area contributed by atoms with Crippen LogP contribution in [0.4, 0.5) is 0 Å². The summed E-state index contributed by atoms with van der Waals surface area (Å²) in [6.07, 6.45) is 8.37. The Morgan fingerprint density at radius 1 is 0.821 bits per heavy atom. The second-order valence-corrected chi connectivity index (χ2v) is 7.33. The van der Waals surface area contributed by atoms with Gasteiger partial charge in [0.2, 0.25) is 0 Å². The number of fused-ring (bicyclic) bond motifs is 1. The van der Waals surface area contributed by atoms with E-state index in [2.05, 4.69) is 9.88 Å². The van der Waals surface area contributed by atoms with Gasteiger partial charge in [0.25, 0.3) is 0 Å². The monoisotopic (exact) mass is 380 g/mol. The summed E-state index contributed by atoms with van der Waals surface area (Å²) in [5.41, 5.74) is 1.51. The average Bonchev–Trinajstić information content (AvgIpc) is 3.17. The van der Waals surface area contributed by atoms with Gasteiger partial charge in [0.1, 0.15) is 23.6 Å². The summed E-state index contributed by atoms with van der Waals surface area (Å²) < 4.78 is 17.2. The van der Waals surface area contributed by atoms with E-state index < -0.39 is 0 Å². The molecule has 1 aromatic heterocycles. The van der Waals surface area contributed by atoms with E-state index in [-0.39, 0.29) is 6.08 Å². The van der Waals surface area contributed by atoms with Crippen LogP contribution in [0.1, 0.15) is 38.5 Å². The number of ether oxygens (including phenoxy) is 2. The van der Waals surface area contributed by atoms with Crippen molar-refractivity contribution >= 4 is 11.1 Å². The quantitative estimate of drug-likeness (QED) is 0.552. The Hall–Kier alpha value is -2.53. The number of oxazole rings is 1. The Labute approximate surface area is 166 Å². The normalized spacial score (nSPS) is 16.3. The van der Waals surface area contributed by atoms with E-state index in [1.165, 1.54) is 51.6 Å². The summed E-state index contributed by atoms with van der Waals surface area (Å²) in [6.45, 7) is 4.09. The highest BCUT2D eigenvalue weighted by atomic mass is 16.6. The van der Waals surface area contributed by atoms with E-state index in [0.29, 0.717) is 12.4 Å². The van der Waals surface area contributed by atoms with Gasteiger partial charge in [-0.05, 0) is 62.3 Å². The molecule has 0 atom stereocenters. The Bertz CT molecular complexity index is 817. The maximum Gasteiger partial charge on any atom is 0.400 e. The third-order valence-electron chi connectivity index (χ3n) is 5.18. The molecule has 148 valence electrons. The van der Waals surface area contributed by atoms with Gasteiger partial charge in [-0.15, -0.1) is 0 Å². The molecule has 0 saturated carbocycles. The first-order valence-corrected chi connectivity index (χ1v) is 10.4. The van der Waals surface area contributed by atoms with E-state index in [1.54, 1.807) is 0 Å². The Morgan fingerprint density at radius 3 is 2.25 bits per heavy atom. The van der Waals surface area contributed by atoms with Crippen LogP contribution in [-0.4, -0.2) is 36.1 Å². The van der Waals surface area contributed by atoms with Crippen LogP contribution in [0.5, 0.6) is 17.6 Å². The van der Waals surface area contributed by atoms with Gasteiger partial charge in [-0.25, -0.2) is 0 Å². The SMILES string of the molecule is c1ccc2oc(Oc3ccc(OCCN4CCCCCCCC4)cc3)nc2c1. The van der Waals surface area contributed by atoms with E-state index in [9.17, 15) is 0 Å². The molecular formula is C23H28N2O3. The molecule has 0 unspecified atom stereocenters. The molecule has 2 aromatic carbocycles. The molecule has 28 heavy (non-hydrogen) atoms. The van der Waals surface area contributed by atoms with Crippen molar-refractivity contribution in [2.45, 2.75) is 38.5 Å². The molecule has 0 N–H and O–H groups in total. The highest BCUT2D eigenvalue weighted by Crippen LogP contribution is 2.26. The molecule has 0 bridgehead atoms. The van der Waals surface area contributed by atoms with Crippen molar-refractivity contribution in [2.24, 2.45) is 0 Å². The zero-order valence-electron chi connectivity index (χ0n) is 16.3. The van der Waals surface area contributed by atoms with Crippen molar-refractivity contribution in [3.8, 4) is 17.6 Å². The molecule has 0 amide bonds. The van der Waals surface area contributed by atoms with Crippen molar-refractivity contribution in [1.82, 2.24) is 9.88 Å². The summed E-state index contributed by atoms with van der Waals surface area (Å²) in [5.74, 6) is 1.54. The van der Waals surface area contributed by atoms with Gasteiger partial charge in [-0.3, -0.25) is 4.90 Å². The summed E-state index contributed by atoms with van der Waals surface area (Å²) >= 11 is 0. The maximum absolute atomic E-state index is 5.93. The number of nitrogens with zero attached hydrogens (tertiary/aromatic N) is 2. The predicted octanol–water partition coefficient (Wildman–Crippen LogP) is 5.66. The molecule has 1 aliphatic heterocycles. The van der Waals surface area contributed by atoms with Crippen molar-refractivity contribution in [3.05, 3.63) is 48.5 Å². The molecule has 0 aliphatic carbocycles. The first-order chi connectivity index (χ1) is 13.9. The number of para-hydroxylation sites is 2. The predicted molar refractivity (Wildman–Crippen MR) is 110 cm³/mol. The highest BCUT2D eigenvalue weighted by molar-refractivity contribution is 5.72. The van der Waals surface area contributed by atoms with Crippen molar-refractivity contribution in [1.29, 1.82) is 0 Å². The lowest BCUT2D eigenvalue weighted by atomic mass is 10.1. The molecule has 2 heterocycles. The van der Waals surface area contributed by atoms with Gasteiger partial charge in [-0.1, -0.05) is 37.8 Å². The molecule has 0 radical (unpaired) electrons. The molecule has 1 saturated heterocycles. The summed E-state index contributed by atoms with van der Waals surface area (Å²) in [7, 11) is 0. The minimum absolute atomic E-state index is 0.253. The Balaban J connectivity index is 1.26. The van der Waals surface area contributed by atoms with Crippen LogP contribution in [0, 0.1) is 0 Å². The van der Waals surface area contributed by atoms with Gasteiger partial charge in [0, 0.05) is 6.54 Å². The van der Waals surface area contributed by atoms with Crippen molar-refractivity contribution < 1.29 is 13.9 Å². The first kappa shape index (κ1) is 18.8. The zero-order valence-corrected chi connectivity index (χ0v) is 16.3. The molecule has 5 heteroatoms. The van der Waals surface area contributed by atoms with Crippen LogP contribution in [-0.2, 0) is 0 Å². The number of rotatable bonds is 6. The smallest absolute Gasteiger partial charge is 0.400 e. The standard InChI is InChI=1S/C23H28N2O3/c1-2-4-8-16-25(15-7-3-1)17-18-26-19-11-13-20(14-12-19)27-23-24-21-9-5-6-10-22(21)28-23/h5-6,9-14H,1-4,7-8,15-18H2. The van der Waals surface area contributed by atoms with Gasteiger partial charge in [0.15, 0.2) is 5.58 Å². The van der Waals surface area contributed by atoms with Crippen molar-refractivity contribution in [3.63, 3.8) is 0 Å². The average molecular weight is 380 g/mol.